The molecule has 0 amide bonds. The van der Waals surface area contributed by atoms with Crippen LogP contribution in [0.2, 0.25) is 0 Å². The Labute approximate surface area is 261 Å². The van der Waals surface area contributed by atoms with E-state index >= 15 is 0 Å². The Hall–Kier alpha value is -5.82. The molecule has 0 fully saturated rings. The highest BCUT2D eigenvalue weighted by Crippen LogP contribution is 2.44. The first-order valence-electron chi connectivity index (χ1n) is 14.4. The fourth-order valence-electron chi connectivity index (χ4n) is 4.68. The predicted molar refractivity (Wildman–Crippen MR) is 172 cm³/mol. The second-order valence-corrected chi connectivity index (χ2v) is 9.87. The summed E-state index contributed by atoms with van der Waals surface area (Å²) >= 11 is 0. The quantitative estimate of drug-likeness (QED) is 0.0936. The summed E-state index contributed by atoms with van der Waals surface area (Å²) in [6, 6.07) is 37.3. The molecule has 0 N–H and O–H groups in total. The maximum Gasteiger partial charge on any atom is 0.330 e. The summed E-state index contributed by atoms with van der Waals surface area (Å²) in [5.74, 6) is 0.790. The highest BCUT2D eigenvalue weighted by Gasteiger charge is 2.23. The normalized spacial score (nSPS) is 11.9. The molecular weight excluding hydrogens is 568 g/mol. The van der Waals surface area contributed by atoms with Crippen LogP contribution in [0, 0.1) is 0 Å². The van der Waals surface area contributed by atoms with Gasteiger partial charge in [0.25, 0.3) is 0 Å². The van der Waals surface area contributed by atoms with E-state index in [0.29, 0.717) is 28.4 Å². The first kappa shape index (κ1) is 30.6. The highest BCUT2D eigenvalue weighted by molar-refractivity contribution is 5.95. The van der Waals surface area contributed by atoms with E-state index in [2.05, 4.69) is 13.2 Å². The van der Waals surface area contributed by atoms with E-state index < -0.39 is 24.1 Å². The number of carbonyl (C=O) groups excluding carboxylic acids is 2. The lowest BCUT2D eigenvalue weighted by Crippen LogP contribution is -2.18. The number of hydrogen-bond donors (Lipinski definition) is 0. The molecule has 0 aliphatic rings. The molecule has 0 spiro atoms. The van der Waals surface area contributed by atoms with Crippen molar-refractivity contribution < 1.29 is 33.3 Å². The molecule has 226 valence electrons. The van der Waals surface area contributed by atoms with Crippen molar-refractivity contribution in [1.82, 2.24) is 0 Å². The lowest BCUT2D eigenvalue weighted by Gasteiger charge is -2.23. The van der Waals surface area contributed by atoms with Gasteiger partial charge in [0.2, 0.25) is 0 Å². The van der Waals surface area contributed by atoms with Crippen LogP contribution in [-0.4, -0.2) is 25.2 Å². The minimum Gasteiger partial charge on any atom is -0.489 e. The standard InChI is InChI=1S/C38H32O7/c1-3-36(39)44-34(27-16-8-5-9-17-27)25-41-32-24-33(43-29-20-12-7-13-21-29)38(31-23-15-14-22-30(31)32)42-26-35(45-37(40)4-2)28-18-10-6-11-19-28/h3-24,34-35H,1-2,25-26H2. The van der Waals surface area contributed by atoms with Gasteiger partial charge < -0.3 is 23.7 Å². The Morgan fingerprint density at radius 2 is 1.04 bits per heavy atom. The summed E-state index contributed by atoms with van der Waals surface area (Å²) in [5.41, 5.74) is 1.54. The summed E-state index contributed by atoms with van der Waals surface area (Å²) < 4.78 is 30.4. The Bertz CT molecular complexity index is 1750. The van der Waals surface area contributed by atoms with Crippen molar-refractivity contribution in [2.45, 2.75) is 12.2 Å². The average Bonchev–Trinajstić information content (AvgIpc) is 3.10. The molecule has 0 saturated heterocycles. The van der Waals surface area contributed by atoms with E-state index in [9.17, 15) is 9.59 Å². The van der Waals surface area contributed by atoms with Crippen LogP contribution in [0.1, 0.15) is 23.3 Å². The Morgan fingerprint density at radius 1 is 0.578 bits per heavy atom. The van der Waals surface area contributed by atoms with Gasteiger partial charge in [0.05, 0.1) is 0 Å². The van der Waals surface area contributed by atoms with Gasteiger partial charge in [-0.15, -0.1) is 0 Å². The largest absolute Gasteiger partial charge is 0.489 e. The summed E-state index contributed by atoms with van der Waals surface area (Å²) in [5, 5.41) is 1.45. The molecule has 7 nitrogen and oxygen atoms in total. The number of hydrogen-bond acceptors (Lipinski definition) is 7. The zero-order valence-corrected chi connectivity index (χ0v) is 24.5. The summed E-state index contributed by atoms with van der Waals surface area (Å²) in [7, 11) is 0. The van der Waals surface area contributed by atoms with Gasteiger partial charge in [0.1, 0.15) is 24.7 Å². The van der Waals surface area contributed by atoms with Gasteiger partial charge >= 0.3 is 11.9 Å². The van der Waals surface area contributed by atoms with E-state index in [1.807, 2.05) is 115 Å². The van der Waals surface area contributed by atoms with Gasteiger partial charge in [0.15, 0.2) is 23.7 Å². The highest BCUT2D eigenvalue weighted by atomic mass is 16.6. The number of benzene rings is 5. The van der Waals surface area contributed by atoms with Crippen LogP contribution in [0.25, 0.3) is 10.8 Å². The monoisotopic (exact) mass is 600 g/mol. The molecule has 45 heavy (non-hydrogen) atoms. The van der Waals surface area contributed by atoms with E-state index in [1.165, 1.54) is 0 Å². The number of carbonyl (C=O) groups is 2. The second kappa shape index (κ2) is 15.1. The molecule has 5 aromatic carbocycles. The van der Waals surface area contributed by atoms with Crippen LogP contribution in [0.4, 0.5) is 0 Å². The lowest BCUT2D eigenvalue weighted by atomic mass is 10.1. The molecule has 5 aromatic rings. The molecule has 0 aliphatic heterocycles. The van der Waals surface area contributed by atoms with Crippen molar-refractivity contribution >= 4 is 22.7 Å². The third-order valence-corrected chi connectivity index (χ3v) is 6.86. The third-order valence-electron chi connectivity index (χ3n) is 6.86. The van der Waals surface area contributed by atoms with Gasteiger partial charge in [-0.05, 0) is 23.3 Å². The maximum absolute atomic E-state index is 12.2. The zero-order valence-electron chi connectivity index (χ0n) is 24.5. The van der Waals surface area contributed by atoms with E-state index in [4.69, 9.17) is 23.7 Å². The number of fused-ring (bicyclic) bond motifs is 1. The molecule has 0 radical (unpaired) electrons. The van der Waals surface area contributed by atoms with Crippen LogP contribution < -0.4 is 14.2 Å². The lowest BCUT2D eigenvalue weighted by molar-refractivity contribution is -0.145. The topological polar surface area (TPSA) is 80.3 Å². The summed E-state index contributed by atoms with van der Waals surface area (Å²) in [4.78, 5) is 24.4. The molecule has 0 heterocycles. The van der Waals surface area contributed by atoms with Gasteiger partial charge in [0, 0.05) is 29.0 Å². The minimum absolute atomic E-state index is 0.00648. The molecule has 2 atom stereocenters. The van der Waals surface area contributed by atoms with Crippen molar-refractivity contribution in [1.29, 1.82) is 0 Å². The summed E-state index contributed by atoms with van der Waals surface area (Å²) in [6.07, 6.45) is 0.854. The van der Waals surface area contributed by atoms with Crippen molar-refractivity contribution in [3.05, 3.63) is 158 Å². The van der Waals surface area contributed by atoms with E-state index in [0.717, 1.165) is 28.7 Å². The van der Waals surface area contributed by atoms with Crippen molar-refractivity contribution in [3.8, 4) is 23.0 Å². The number of para-hydroxylation sites is 1. The Morgan fingerprint density at radius 3 is 1.58 bits per heavy atom. The van der Waals surface area contributed by atoms with Crippen LogP contribution in [-0.2, 0) is 19.1 Å². The smallest absolute Gasteiger partial charge is 0.330 e. The van der Waals surface area contributed by atoms with Crippen LogP contribution in [0.15, 0.2) is 147 Å². The van der Waals surface area contributed by atoms with Gasteiger partial charge in [-0.3, -0.25) is 0 Å². The molecular formula is C38H32O7. The van der Waals surface area contributed by atoms with Crippen molar-refractivity contribution in [2.75, 3.05) is 13.2 Å². The number of ether oxygens (including phenoxy) is 5. The van der Waals surface area contributed by atoms with Gasteiger partial charge in [-0.2, -0.15) is 0 Å². The predicted octanol–water partition coefficient (Wildman–Crippen LogP) is 8.33. The van der Waals surface area contributed by atoms with E-state index in [1.54, 1.807) is 6.07 Å². The Kier molecular flexibility index (Phi) is 10.3. The summed E-state index contributed by atoms with van der Waals surface area (Å²) in [6.45, 7) is 7.08. The fraction of sp³-hybridized carbons (Fsp3) is 0.105. The Balaban J connectivity index is 1.52. The van der Waals surface area contributed by atoms with Gasteiger partial charge in [-0.25, -0.2) is 9.59 Å². The molecule has 0 aromatic heterocycles. The number of esters is 2. The molecule has 0 aliphatic carbocycles. The first-order chi connectivity index (χ1) is 22.1. The fourth-order valence-corrected chi connectivity index (χ4v) is 4.68. The molecule has 2 unspecified atom stereocenters. The van der Waals surface area contributed by atoms with Crippen LogP contribution in [0.5, 0.6) is 23.0 Å². The first-order valence-corrected chi connectivity index (χ1v) is 14.4. The van der Waals surface area contributed by atoms with E-state index in [-0.39, 0.29) is 13.2 Å². The number of rotatable bonds is 14. The maximum atomic E-state index is 12.2. The average molecular weight is 601 g/mol. The molecule has 0 saturated carbocycles. The molecule has 5 rings (SSSR count). The van der Waals surface area contributed by atoms with Crippen LogP contribution >= 0.6 is 0 Å². The minimum atomic E-state index is -0.706. The zero-order chi connectivity index (χ0) is 31.4. The van der Waals surface area contributed by atoms with Crippen LogP contribution in [0.3, 0.4) is 0 Å². The van der Waals surface area contributed by atoms with Crippen molar-refractivity contribution in [3.63, 3.8) is 0 Å². The molecule has 7 heteroatoms. The van der Waals surface area contributed by atoms with Gasteiger partial charge in [-0.1, -0.05) is 116 Å². The molecule has 0 bridgehead atoms. The SMILES string of the molecule is C=CC(=O)OC(COc1cc(Oc2ccccc2)c(OCC(OC(=O)C=C)c2ccccc2)c2ccccc12)c1ccccc1. The van der Waals surface area contributed by atoms with Crippen molar-refractivity contribution in [2.24, 2.45) is 0 Å². The third kappa shape index (κ3) is 7.97. The second-order valence-electron chi connectivity index (χ2n) is 9.87.